The highest BCUT2D eigenvalue weighted by atomic mass is 32.2. The molecule has 0 unspecified atom stereocenters. The third kappa shape index (κ3) is 4.13. The lowest BCUT2D eigenvalue weighted by Crippen LogP contribution is -2.16. The monoisotopic (exact) mass is 387 g/mol. The molecule has 5 nitrogen and oxygen atoms in total. The van der Waals surface area contributed by atoms with E-state index in [1.54, 1.807) is 0 Å². The van der Waals surface area contributed by atoms with E-state index in [-0.39, 0.29) is 17.9 Å². The highest BCUT2D eigenvalue weighted by Gasteiger charge is 2.30. The van der Waals surface area contributed by atoms with Crippen LogP contribution in [0.4, 0.5) is 13.2 Å². The summed E-state index contributed by atoms with van der Waals surface area (Å²) in [6, 6.07) is 5.83. The van der Waals surface area contributed by atoms with Gasteiger partial charge in [0, 0.05) is 6.07 Å². The second kappa shape index (κ2) is 7.04. The molecule has 0 fully saturated rings. The number of ether oxygens (including phenoxy) is 1. The van der Waals surface area contributed by atoms with Crippen LogP contribution in [-0.2, 0) is 12.8 Å². The van der Waals surface area contributed by atoms with E-state index in [1.165, 1.54) is 45.8 Å². The fourth-order valence-corrected chi connectivity index (χ4v) is 3.87. The van der Waals surface area contributed by atoms with Gasteiger partial charge in [0.05, 0.1) is 11.3 Å². The number of nitrogens with zero attached hydrogens (tertiary/aromatic N) is 3. The van der Waals surface area contributed by atoms with Crippen molar-refractivity contribution >= 4 is 28.1 Å². The number of hydrogen-bond donors (Lipinski definition) is 0. The molecule has 0 aliphatic carbocycles. The zero-order valence-electron chi connectivity index (χ0n) is 12.9. The van der Waals surface area contributed by atoms with Gasteiger partial charge in [-0.1, -0.05) is 36.1 Å². The van der Waals surface area contributed by atoms with Gasteiger partial charge in [-0.05, 0) is 24.0 Å². The van der Waals surface area contributed by atoms with Crippen molar-refractivity contribution in [2.75, 3.05) is 5.75 Å². The maximum absolute atomic E-state index is 12.7. The third-order valence-corrected chi connectivity index (χ3v) is 5.02. The number of halogens is 3. The molecule has 2 aromatic heterocycles. The van der Waals surface area contributed by atoms with Crippen LogP contribution in [0.3, 0.4) is 0 Å². The smallest absolute Gasteiger partial charge is 0.416 e. The Morgan fingerprint density at radius 2 is 2.12 bits per heavy atom. The van der Waals surface area contributed by atoms with Crippen molar-refractivity contribution in [3.05, 3.63) is 51.9 Å². The van der Waals surface area contributed by atoms with Crippen molar-refractivity contribution in [2.24, 2.45) is 0 Å². The molecule has 25 heavy (non-hydrogen) atoms. The van der Waals surface area contributed by atoms with Crippen LogP contribution in [0.25, 0.3) is 4.96 Å². The fraction of sp³-hybridized carbons (Fsp3) is 0.267. The number of benzene rings is 1. The number of alkyl halides is 3. The minimum Gasteiger partial charge on any atom is -0.487 e. The van der Waals surface area contributed by atoms with Crippen molar-refractivity contribution in [3.63, 3.8) is 0 Å². The second-order valence-corrected chi connectivity index (χ2v) is 7.36. The largest absolute Gasteiger partial charge is 0.487 e. The van der Waals surface area contributed by atoms with Gasteiger partial charge < -0.3 is 4.74 Å². The summed E-state index contributed by atoms with van der Waals surface area (Å²) in [4.78, 5) is 16.8. The molecular weight excluding hydrogens is 375 g/mol. The van der Waals surface area contributed by atoms with E-state index in [1.807, 2.05) is 6.92 Å². The maximum Gasteiger partial charge on any atom is 0.416 e. The summed E-state index contributed by atoms with van der Waals surface area (Å²) in [6.07, 6.45) is -4.44. The molecule has 132 valence electrons. The third-order valence-electron chi connectivity index (χ3n) is 3.10. The Morgan fingerprint density at radius 1 is 1.32 bits per heavy atom. The van der Waals surface area contributed by atoms with Crippen LogP contribution >= 0.6 is 23.1 Å². The van der Waals surface area contributed by atoms with Gasteiger partial charge in [-0.2, -0.15) is 17.7 Å². The van der Waals surface area contributed by atoms with Crippen molar-refractivity contribution in [1.29, 1.82) is 0 Å². The standard InChI is InChI=1S/C15H12F3N3O2S2/c1-2-24-14-20-21-12(22)7-10(19-13(21)25-14)8-23-11-5-3-4-9(6-11)15(16,17)18/h3-7H,2,8H2,1H3. The fourth-order valence-electron chi connectivity index (χ4n) is 2.01. The Bertz CT molecular complexity index is 953. The van der Waals surface area contributed by atoms with Crippen molar-refractivity contribution in [3.8, 4) is 5.75 Å². The lowest BCUT2D eigenvalue weighted by Gasteiger charge is -2.09. The quantitative estimate of drug-likeness (QED) is 0.622. The van der Waals surface area contributed by atoms with Crippen LogP contribution in [0.5, 0.6) is 5.75 Å². The molecule has 0 amide bonds. The molecule has 0 aliphatic rings. The number of hydrogen-bond acceptors (Lipinski definition) is 6. The molecule has 1 aromatic carbocycles. The first-order valence-corrected chi connectivity index (χ1v) is 8.99. The molecule has 3 aromatic rings. The first-order valence-electron chi connectivity index (χ1n) is 7.19. The van der Waals surface area contributed by atoms with Gasteiger partial charge in [-0.15, -0.1) is 5.10 Å². The highest BCUT2D eigenvalue weighted by molar-refractivity contribution is 8.01. The number of thioether (sulfide) groups is 1. The van der Waals surface area contributed by atoms with E-state index >= 15 is 0 Å². The van der Waals surface area contributed by atoms with Crippen LogP contribution in [0, 0.1) is 0 Å². The Labute approximate surface area is 148 Å². The molecule has 0 bridgehead atoms. The van der Waals surface area contributed by atoms with Gasteiger partial charge in [0.1, 0.15) is 12.4 Å². The van der Waals surface area contributed by atoms with Gasteiger partial charge in [0.15, 0.2) is 4.34 Å². The molecule has 0 spiro atoms. The molecule has 0 saturated carbocycles. The normalized spacial score (nSPS) is 11.8. The highest BCUT2D eigenvalue weighted by Crippen LogP contribution is 2.31. The summed E-state index contributed by atoms with van der Waals surface area (Å²) < 4.78 is 45.4. The van der Waals surface area contributed by atoms with E-state index in [0.717, 1.165) is 22.2 Å². The van der Waals surface area contributed by atoms with Gasteiger partial charge in [-0.25, -0.2) is 4.98 Å². The van der Waals surface area contributed by atoms with Gasteiger partial charge >= 0.3 is 6.18 Å². The summed E-state index contributed by atoms with van der Waals surface area (Å²) in [6.45, 7) is 1.86. The molecule has 0 N–H and O–H groups in total. The van der Waals surface area contributed by atoms with Gasteiger partial charge in [-0.3, -0.25) is 4.79 Å². The molecule has 3 rings (SSSR count). The lowest BCUT2D eigenvalue weighted by atomic mass is 10.2. The molecule has 0 saturated heterocycles. The van der Waals surface area contributed by atoms with Crippen LogP contribution < -0.4 is 10.3 Å². The molecular formula is C15H12F3N3O2S2. The lowest BCUT2D eigenvalue weighted by molar-refractivity contribution is -0.137. The Hall–Kier alpha value is -2.07. The summed E-state index contributed by atoms with van der Waals surface area (Å²) >= 11 is 2.78. The Morgan fingerprint density at radius 3 is 2.84 bits per heavy atom. The first kappa shape index (κ1) is 17.7. The van der Waals surface area contributed by atoms with Crippen LogP contribution in [0.2, 0.25) is 0 Å². The van der Waals surface area contributed by atoms with E-state index in [4.69, 9.17) is 4.74 Å². The minimum absolute atomic E-state index is 0.0587. The summed E-state index contributed by atoms with van der Waals surface area (Å²) in [5.74, 6) is 0.878. The predicted molar refractivity (Wildman–Crippen MR) is 89.3 cm³/mol. The van der Waals surface area contributed by atoms with Crippen molar-refractivity contribution in [2.45, 2.75) is 24.0 Å². The zero-order chi connectivity index (χ0) is 18.0. The molecule has 0 radical (unpaired) electrons. The van der Waals surface area contributed by atoms with E-state index in [0.29, 0.717) is 10.7 Å². The van der Waals surface area contributed by atoms with E-state index in [9.17, 15) is 18.0 Å². The molecule has 0 atom stereocenters. The summed E-state index contributed by atoms with van der Waals surface area (Å²) in [5.41, 5.74) is -0.817. The topological polar surface area (TPSA) is 56.5 Å². The van der Waals surface area contributed by atoms with Gasteiger partial charge in [0.25, 0.3) is 5.56 Å². The predicted octanol–water partition coefficient (Wildman–Crippen LogP) is 3.86. The number of aromatic nitrogens is 3. The zero-order valence-corrected chi connectivity index (χ0v) is 14.5. The average Bonchev–Trinajstić information content (AvgIpc) is 2.96. The SMILES string of the molecule is CCSc1nn2c(=O)cc(COc3cccc(C(F)(F)F)c3)nc2s1. The summed E-state index contributed by atoms with van der Waals surface area (Å²) in [7, 11) is 0. The van der Waals surface area contributed by atoms with Crippen LogP contribution in [-0.4, -0.2) is 20.4 Å². The second-order valence-electron chi connectivity index (χ2n) is 4.90. The van der Waals surface area contributed by atoms with Crippen molar-refractivity contribution in [1.82, 2.24) is 14.6 Å². The number of rotatable bonds is 5. The minimum atomic E-state index is -4.44. The van der Waals surface area contributed by atoms with Crippen LogP contribution in [0.1, 0.15) is 18.2 Å². The Balaban J connectivity index is 1.80. The molecule has 10 heteroatoms. The van der Waals surface area contributed by atoms with Crippen molar-refractivity contribution < 1.29 is 17.9 Å². The first-order chi connectivity index (χ1) is 11.9. The number of fused-ring (bicyclic) bond motifs is 1. The van der Waals surface area contributed by atoms with E-state index < -0.39 is 11.7 Å². The van der Waals surface area contributed by atoms with Gasteiger partial charge in [0.2, 0.25) is 4.96 Å². The molecule has 0 aliphatic heterocycles. The summed E-state index contributed by atoms with van der Waals surface area (Å²) in [5, 5.41) is 4.16. The molecule has 2 heterocycles. The maximum atomic E-state index is 12.7. The van der Waals surface area contributed by atoms with Crippen LogP contribution in [0.15, 0.2) is 39.5 Å². The van der Waals surface area contributed by atoms with E-state index in [2.05, 4.69) is 10.1 Å². The average molecular weight is 387 g/mol. The Kier molecular flexibility index (Phi) is 5.00.